The zero-order valence-corrected chi connectivity index (χ0v) is 26.0. The Bertz CT molecular complexity index is 1540. The third-order valence-corrected chi connectivity index (χ3v) is 8.66. The number of thiazole rings is 1. The number of hydrogen-bond acceptors (Lipinski definition) is 9. The summed E-state index contributed by atoms with van der Waals surface area (Å²) in [4.78, 5) is 22.9. The lowest BCUT2D eigenvalue weighted by Crippen LogP contribution is -3.00. The van der Waals surface area contributed by atoms with E-state index >= 15 is 4.39 Å². The summed E-state index contributed by atoms with van der Waals surface area (Å²) in [6.45, 7) is 2.57. The summed E-state index contributed by atoms with van der Waals surface area (Å²) in [5, 5.41) is 27.8. The first kappa shape index (κ1) is 35.0. The van der Waals surface area contributed by atoms with Crippen molar-refractivity contribution in [1.29, 1.82) is 5.26 Å². The average molecular weight is 667 g/mol. The molecule has 2 aromatic carbocycles. The summed E-state index contributed by atoms with van der Waals surface area (Å²) in [7, 11) is 0. The summed E-state index contributed by atoms with van der Waals surface area (Å²) in [5.41, 5.74) is 7.81. The van der Waals surface area contributed by atoms with Gasteiger partial charge in [-0.05, 0) is 36.8 Å². The van der Waals surface area contributed by atoms with E-state index in [2.05, 4.69) is 16.2 Å². The predicted octanol–water partition coefficient (Wildman–Crippen LogP) is 1.56. The van der Waals surface area contributed by atoms with Crippen molar-refractivity contribution in [2.45, 2.75) is 37.5 Å². The van der Waals surface area contributed by atoms with Crippen LogP contribution in [0.4, 0.5) is 13.6 Å². The molecule has 0 aliphatic carbocycles. The molecule has 3 aromatic rings. The third-order valence-electron chi connectivity index (χ3n) is 7.61. The van der Waals surface area contributed by atoms with E-state index in [4.69, 9.17) is 20.7 Å². The summed E-state index contributed by atoms with van der Waals surface area (Å²) < 4.78 is 34.7. The van der Waals surface area contributed by atoms with Gasteiger partial charge in [-0.1, -0.05) is 24.2 Å². The Morgan fingerprint density at radius 3 is 2.68 bits per heavy atom. The van der Waals surface area contributed by atoms with E-state index in [9.17, 15) is 14.3 Å². The van der Waals surface area contributed by atoms with Crippen molar-refractivity contribution in [2.75, 3.05) is 26.2 Å². The fourth-order valence-electron chi connectivity index (χ4n) is 5.24. The molecule has 2 unspecified atom stereocenters. The van der Waals surface area contributed by atoms with Crippen LogP contribution in [-0.2, 0) is 4.74 Å². The molecule has 1 amide bonds. The fourth-order valence-corrected chi connectivity index (χ4v) is 6.18. The number of ether oxygens (including phenoxy) is 1. The second kappa shape index (κ2) is 15.0. The number of likely N-dealkylation sites (tertiary alicyclic amines) is 1. The van der Waals surface area contributed by atoms with Gasteiger partial charge in [-0.15, -0.1) is 28.3 Å². The summed E-state index contributed by atoms with van der Waals surface area (Å²) in [5.74, 6) is -2.96. The fraction of sp³-hybridized carbons (Fsp3) is 0.345. The first-order chi connectivity index (χ1) is 20.2. The second-order valence-corrected chi connectivity index (χ2v) is 11.3. The zero-order valence-electron chi connectivity index (χ0n) is 23.6. The Morgan fingerprint density at radius 1 is 1.30 bits per heavy atom. The predicted molar refractivity (Wildman–Crippen MR) is 161 cm³/mol. The van der Waals surface area contributed by atoms with Gasteiger partial charge in [0, 0.05) is 41.6 Å². The maximum atomic E-state index is 15.3. The van der Waals surface area contributed by atoms with E-state index in [0.29, 0.717) is 35.8 Å². The van der Waals surface area contributed by atoms with Crippen LogP contribution in [0.2, 0.25) is 0 Å². The Morgan fingerprint density at radius 2 is 2.05 bits per heavy atom. The Labute approximate surface area is 269 Å². The van der Waals surface area contributed by atoms with Gasteiger partial charge in [0.2, 0.25) is 12.6 Å². The number of carbonyl (C=O) groups is 1. The van der Waals surface area contributed by atoms with Crippen LogP contribution in [-0.4, -0.2) is 76.9 Å². The number of aromatic nitrogens is 1. The van der Waals surface area contributed by atoms with Crippen LogP contribution in [0, 0.1) is 23.0 Å². The van der Waals surface area contributed by atoms with Crippen LogP contribution in [0.15, 0.2) is 57.9 Å². The van der Waals surface area contributed by atoms with Crippen LogP contribution in [0.1, 0.15) is 41.3 Å². The molecule has 1 saturated heterocycles. The summed E-state index contributed by atoms with van der Waals surface area (Å²) in [6.07, 6.45) is 1.38. The number of carbonyl (C=O) groups excluding carboxylic acids is 1. The average Bonchev–Trinajstić information content (AvgIpc) is 3.77. The molecule has 1 fully saturated rings. The number of nitrogens with two attached hydrogens (primary N) is 1. The number of aliphatic hydroxyl groups is 1. The van der Waals surface area contributed by atoms with Crippen LogP contribution >= 0.6 is 23.7 Å². The smallest absolute Gasteiger partial charge is 0.410 e. The standard InChI is InChI=1S/C29H30F2N7O3S.2ClH/c1-18(27-36-25(15-42-27)20-4-2-19(13-32)3-5-20)26(23-12-21(30)6-7-24(23)31)28(39)38(17-34-16-35-38)10-11-41-29(40)37-9-8-22(33)14-37;;/h2-7,12,15-18,22,26,28,39H,8-11,14,33H2,1H3;2*1H/q+1;;/p-1/t18-,22+,26-,28?,38?;;/m0../s1. The van der Waals surface area contributed by atoms with E-state index in [-0.39, 0.29) is 49.6 Å². The van der Waals surface area contributed by atoms with Gasteiger partial charge in [-0.25, -0.2) is 18.6 Å². The molecular formula is C29H31Cl2F2N7O3S. The first-order valence-electron chi connectivity index (χ1n) is 13.4. The number of hydrogen-bond donors (Lipinski definition) is 2. The van der Waals surface area contributed by atoms with Crippen molar-refractivity contribution in [3.05, 3.63) is 75.6 Å². The van der Waals surface area contributed by atoms with Gasteiger partial charge >= 0.3 is 6.09 Å². The quantitative estimate of drug-likeness (QED) is 0.333. The number of nitrogens with zero attached hydrogens (tertiary/aromatic N) is 6. The minimum Gasteiger partial charge on any atom is -1.00 e. The maximum Gasteiger partial charge on any atom is 0.410 e. The van der Waals surface area contributed by atoms with E-state index in [1.807, 2.05) is 5.38 Å². The van der Waals surface area contributed by atoms with Crippen molar-refractivity contribution >= 4 is 42.5 Å². The van der Waals surface area contributed by atoms with E-state index in [1.54, 1.807) is 31.2 Å². The maximum absolute atomic E-state index is 15.3. The van der Waals surface area contributed by atoms with Gasteiger partial charge in [-0.3, -0.25) is 0 Å². The number of aliphatic imine (C=N–C) groups is 1. The summed E-state index contributed by atoms with van der Waals surface area (Å²) >= 11 is 1.32. The largest absolute Gasteiger partial charge is 1.00 e. The lowest BCUT2D eigenvalue weighted by atomic mass is 9.84. The molecule has 0 spiro atoms. The molecule has 44 heavy (non-hydrogen) atoms. The number of nitriles is 1. The zero-order chi connectivity index (χ0) is 29.9. The van der Waals surface area contributed by atoms with Crippen LogP contribution in [0.3, 0.4) is 0 Å². The number of aliphatic hydroxyl groups excluding tert-OH is 1. The Hall–Kier alpha value is -3.51. The molecule has 0 saturated carbocycles. The monoisotopic (exact) mass is 665 g/mol. The number of halogens is 4. The van der Waals surface area contributed by atoms with E-state index in [1.165, 1.54) is 28.9 Å². The topological polar surface area (TPSA) is 137 Å². The molecule has 5 atom stereocenters. The van der Waals surface area contributed by atoms with Crippen molar-refractivity contribution < 1.29 is 40.4 Å². The van der Waals surface area contributed by atoms with Gasteiger partial charge in [0.05, 0.1) is 28.3 Å². The van der Waals surface area contributed by atoms with Crippen molar-refractivity contribution in [3.8, 4) is 17.3 Å². The number of rotatable bonds is 9. The van der Waals surface area contributed by atoms with Gasteiger partial charge in [0.15, 0.2) is 6.34 Å². The van der Waals surface area contributed by atoms with Crippen molar-refractivity contribution in [3.63, 3.8) is 0 Å². The van der Waals surface area contributed by atoms with Gasteiger partial charge in [-0.2, -0.15) is 10.3 Å². The molecule has 0 radical (unpaired) electrons. The highest BCUT2D eigenvalue weighted by Gasteiger charge is 2.47. The minimum absolute atomic E-state index is 0. The molecular weight excluding hydrogens is 635 g/mol. The third kappa shape index (κ3) is 7.40. The van der Waals surface area contributed by atoms with Gasteiger partial charge in [0.1, 0.15) is 24.8 Å². The van der Waals surface area contributed by atoms with Crippen LogP contribution in [0.5, 0.6) is 0 Å². The Balaban J connectivity index is 0.00000264. The molecule has 2 aliphatic rings. The van der Waals surface area contributed by atoms with E-state index in [0.717, 1.165) is 23.8 Å². The highest BCUT2D eigenvalue weighted by Crippen LogP contribution is 2.42. The van der Waals surface area contributed by atoms with E-state index < -0.39 is 40.4 Å². The highest BCUT2D eigenvalue weighted by atomic mass is 35.5. The lowest BCUT2D eigenvalue weighted by molar-refractivity contribution is -0.892. The highest BCUT2D eigenvalue weighted by molar-refractivity contribution is 7.10. The molecule has 0 bridgehead atoms. The second-order valence-electron chi connectivity index (χ2n) is 10.4. The number of quaternary nitrogens is 1. The number of benzene rings is 2. The SMILES string of the molecule is C[C@H](c1nc(-c2ccc(C#N)cc2)cs1)[C@@H](c1cc(F)ccc1F)C(O)[N+]1(CCOC(=O)N2CC[C@@H](N)C2)C=NC=N1.Cl.[Cl-]. The molecule has 3 N–H and O–H groups in total. The number of amides is 1. The summed E-state index contributed by atoms with van der Waals surface area (Å²) in [6, 6.07) is 12.0. The minimum atomic E-state index is -1.44. The molecule has 10 nitrogen and oxygen atoms in total. The first-order valence-corrected chi connectivity index (χ1v) is 14.3. The van der Waals surface area contributed by atoms with Crippen molar-refractivity contribution in [1.82, 2.24) is 9.88 Å². The molecule has 15 heteroatoms. The molecule has 1 aromatic heterocycles. The normalized spacial score (nSPS) is 20.7. The molecule has 234 valence electrons. The molecule has 3 heterocycles. The molecule has 5 rings (SSSR count). The Kier molecular flexibility index (Phi) is 11.9. The van der Waals surface area contributed by atoms with Crippen LogP contribution < -0.4 is 18.1 Å². The van der Waals surface area contributed by atoms with Gasteiger partial charge < -0.3 is 32.9 Å². The lowest BCUT2D eigenvalue weighted by Gasteiger charge is -2.36. The molecule has 2 aliphatic heterocycles. The van der Waals surface area contributed by atoms with Gasteiger partial charge in [0.25, 0.3) is 0 Å². The van der Waals surface area contributed by atoms with Crippen molar-refractivity contribution in [2.24, 2.45) is 15.8 Å². The van der Waals surface area contributed by atoms with Crippen LogP contribution in [0.25, 0.3) is 11.3 Å².